The molecular weight excluding hydrogens is 243 g/mol. The smallest absolute Gasteiger partial charge is 0.145 e. The average Bonchev–Trinajstić information content (AvgIpc) is 2.37. The lowest BCUT2D eigenvalue weighted by molar-refractivity contribution is 0.303. The number of methoxy groups -OCH3 is 1. The van der Waals surface area contributed by atoms with Crippen molar-refractivity contribution in [1.29, 1.82) is 0 Å². The van der Waals surface area contributed by atoms with Crippen LogP contribution in [0.25, 0.3) is 0 Å². The molecule has 1 unspecified atom stereocenters. The normalized spacial score (nSPS) is 22.4. The molecule has 1 N–H and O–H groups in total. The largest absolute Gasteiger partial charge is 0.494 e. The van der Waals surface area contributed by atoms with Gasteiger partial charge in [0.2, 0.25) is 0 Å². The molecule has 0 amide bonds. The van der Waals surface area contributed by atoms with E-state index < -0.39 is 0 Å². The van der Waals surface area contributed by atoms with E-state index in [1.165, 1.54) is 12.1 Å². The van der Waals surface area contributed by atoms with Gasteiger partial charge in [0.05, 0.1) is 12.8 Å². The average molecular weight is 266 g/mol. The number of hydrogen-bond donors (Lipinski definition) is 1. The first-order valence-corrected chi connectivity index (χ1v) is 6.82. The number of nitrogens with one attached hydrogen (secondary N) is 1. The van der Waals surface area contributed by atoms with Gasteiger partial charge in [0.1, 0.15) is 11.6 Å². The minimum Gasteiger partial charge on any atom is -0.494 e. The van der Waals surface area contributed by atoms with Crippen molar-refractivity contribution < 1.29 is 9.13 Å². The first kappa shape index (κ1) is 14.1. The van der Waals surface area contributed by atoms with Crippen LogP contribution < -0.4 is 15.0 Å². The van der Waals surface area contributed by atoms with E-state index in [1.54, 1.807) is 7.11 Å². The van der Waals surface area contributed by atoms with E-state index in [9.17, 15) is 4.39 Å². The lowest BCUT2D eigenvalue weighted by Crippen LogP contribution is -2.61. The minimum atomic E-state index is -0.261. The second kappa shape index (κ2) is 5.37. The third-order valence-corrected chi connectivity index (χ3v) is 3.75. The van der Waals surface area contributed by atoms with Crippen molar-refractivity contribution in [2.24, 2.45) is 0 Å². The Morgan fingerprint density at radius 3 is 2.84 bits per heavy atom. The van der Waals surface area contributed by atoms with Crippen LogP contribution in [0.3, 0.4) is 0 Å². The number of benzene rings is 1. The van der Waals surface area contributed by atoms with Crippen LogP contribution in [0.1, 0.15) is 27.2 Å². The Hall–Kier alpha value is -1.29. The van der Waals surface area contributed by atoms with Crippen LogP contribution in [0.5, 0.6) is 5.75 Å². The van der Waals surface area contributed by atoms with Crippen molar-refractivity contribution in [2.45, 2.75) is 38.8 Å². The maximum Gasteiger partial charge on any atom is 0.145 e. The zero-order valence-electron chi connectivity index (χ0n) is 12.2. The lowest BCUT2D eigenvalue weighted by Gasteiger charge is -2.46. The van der Waals surface area contributed by atoms with E-state index in [1.807, 2.05) is 6.07 Å². The molecule has 1 aromatic rings. The Labute approximate surface area is 114 Å². The van der Waals surface area contributed by atoms with Gasteiger partial charge in [-0.05, 0) is 32.4 Å². The van der Waals surface area contributed by atoms with Crippen LogP contribution in [0.4, 0.5) is 10.1 Å². The van der Waals surface area contributed by atoms with E-state index in [0.717, 1.165) is 25.2 Å². The summed E-state index contributed by atoms with van der Waals surface area (Å²) in [5, 5.41) is 3.55. The second-order valence-corrected chi connectivity index (χ2v) is 5.77. The molecule has 19 heavy (non-hydrogen) atoms. The second-order valence-electron chi connectivity index (χ2n) is 5.77. The number of rotatable bonds is 3. The number of hydrogen-bond acceptors (Lipinski definition) is 3. The summed E-state index contributed by atoms with van der Waals surface area (Å²) in [5.74, 6) is 0.346. The van der Waals surface area contributed by atoms with Gasteiger partial charge in [0.25, 0.3) is 0 Å². The van der Waals surface area contributed by atoms with Crippen LogP contribution in [0.2, 0.25) is 0 Å². The summed E-state index contributed by atoms with van der Waals surface area (Å²) in [6.07, 6.45) is 1.05. The van der Waals surface area contributed by atoms with Crippen molar-refractivity contribution in [2.75, 3.05) is 25.1 Å². The summed E-state index contributed by atoms with van der Waals surface area (Å²) in [7, 11) is 1.59. The molecule has 2 rings (SSSR count). The molecule has 0 radical (unpaired) electrons. The van der Waals surface area contributed by atoms with Crippen molar-refractivity contribution >= 4 is 5.69 Å². The van der Waals surface area contributed by atoms with Gasteiger partial charge in [0, 0.05) is 30.7 Å². The van der Waals surface area contributed by atoms with Crippen molar-refractivity contribution in [3.05, 3.63) is 24.0 Å². The fraction of sp³-hybridized carbons (Fsp3) is 0.600. The summed E-state index contributed by atoms with van der Waals surface area (Å²) < 4.78 is 18.7. The molecule has 0 spiro atoms. The van der Waals surface area contributed by atoms with E-state index in [-0.39, 0.29) is 11.4 Å². The minimum absolute atomic E-state index is 0.0467. The Morgan fingerprint density at radius 2 is 2.21 bits per heavy atom. The highest BCUT2D eigenvalue weighted by Crippen LogP contribution is 2.33. The monoisotopic (exact) mass is 266 g/mol. The highest BCUT2D eigenvalue weighted by Gasteiger charge is 2.32. The molecule has 1 atom stereocenters. The fourth-order valence-corrected chi connectivity index (χ4v) is 2.65. The zero-order chi connectivity index (χ0) is 14.0. The summed E-state index contributed by atoms with van der Waals surface area (Å²) in [4.78, 5) is 2.33. The van der Waals surface area contributed by atoms with Gasteiger partial charge < -0.3 is 15.0 Å². The molecule has 3 nitrogen and oxygen atoms in total. The Bertz CT molecular complexity index is 448. The molecule has 0 aromatic heterocycles. The third kappa shape index (κ3) is 3.00. The van der Waals surface area contributed by atoms with Crippen molar-refractivity contribution in [3.63, 3.8) is 0 Å². The van der Waals surface area contributed by atoms with Gasteiger partial charge in [-0.1, -0.05) is 6.92 Å². The molecule has 4 heteroatoms. The molecular formula is C15H23FN2O. The fourth-order valence-electron chi connectivity index (χ4n) is 2.65. The Balaban J connectivity index is 2.36. The highest BCUT2D eigenvalue weighted by atomic mass is 19.1. The number of anilines is 1. The zero-order valence-corrected chi connectivity index (χ0v) is 12.2. The van der Waals surface area contributed by atoms with Crippen LogP contribution in [-0.4, -0.2) is 31.8 Å². The molecule has 1 aliphatic rings. The van der Waals surface area contributed by atoms with E-state index >= 15 is 0 Å². The Morgan fingerprint density at radius 1 is 1.47 bits per heavy atom. The van der Waals surface area contributed by atoms with Crippen molar-refractivity contribution in [1.82, 2.24) is 5.32 Å². The SMILES string of the molecule is CCC1CNC(C)(C)CN1c1ccc(F)cc1OC. The molecule has 0 bridgehead atoms. The first-order valence-electron chi connectivity index (χ1n) is 6.82. The van der Waals surface area contributed by atoms with E-state index in [4.69, 9.17) is 4.74 Å². The topological polar surface area (TPSA) is 24.5 Å². The van der Waals surface area contributed by atoms with Crippen LogP contribution >= 0.6 is 0 Å². The first-order chi connectivity index (χ1) is 8.96. The lowest BCUT2D eigenvalue weighted by atomic mass is 9.96. The molecule has 0 aliphatic carbocycles. The standard InChI is InChI=1S/C15H23FN2O/c1-5-12-9-17-15(2,3)10-18(12)13-7-6-11(16)8-14(13)19-4/h6-8,12,17H,5,9-10H2,1-4H3. The summed E-state index contributed by atoms with van der Waals surface area (Å²) in [5.41, 5.74) is 1.02. The number of nitrogens with zero attached hydrogens (tertiary/aromatic N) is 1. The summed E-state index contributed by atoms with van der Waals surface area (Å²) in [6.45, 7) is 8.36. The molecule has 1 fully saturated rings. The number of piperazine rings is 1. The highest BCUT2D eigenvalue weighted by molar-refractivity contribution is 5.60. The Kier molecular flexibility index (Phi) is 3.99. The van der Waals surface area contributed by atoms with Gasteiger partial charge in [-0.3, -0.25) is 0 Å². The van der Waals surface area contributed by atoms with Gasteiger partial charge in [-0.25, -0.2) is 4.39 Å². The van der Waals surface area contributed by atoms with E-state index in [0.29, 0.717) is 11.8 Å². The summed E-state index contributed by atoms with van der Waals surface area (Å²) >= 11 is 0. The predicted octanol–water partition coefficient (Wildman–Crippen LogP) is 2.80. The number of halogens is 1. The van der Waals surface area contributed by atoms with Crippen LogP contribution in [0, 0.1) is 5.82 Å². The quantitative estimate of drug-likeness (QED) is 0.910. The van der Waals surface area contributed by atoms with Gasteiger partial charge in [-0.2, -0.15) is 0 Å². The maximum absolute atomic E-state index is 13.3. The van der Waals surface area contributed by atoms with E-state index in [2.05, 4.69) is 31.0 Å². The summed E-state index contributed by atoms with van der Waals surface area (Å²) in [6, 6.07) is 5.18. The molecule has 1 heterocycles. The molecule has 1 aromatic carbocycles. The van der Waals surface area contributed by atoms with Gasteiger partial charge in [0.15, 0.2) is 0 Å². The van der Waals surface area contributed by atoms with Crippen molar-refractivity contribution in [3.8, 4) is 5.75 Å². The van der Waals surface area contributed by atoms with Crippen LogP contribution in [-0.2, 0) is 0 Å². The van der Waals surface area contributed by atoms with Gasteiger partial charge in [-0.15, -0.1) is 0 Å². The maximum atomic E-state index is 13.3. The molecule has 106 valence electrons. The number of ether oxygens (including phenoxy) is 1. The predicted molar refractivity (Wildman–Crippen MR) is 76.5 cm³/mol. The van der Waals surface area contributed by atoms with Crippen LogP contribution in [0.15, 0.2) is 18.2 Å². The molecule has 0 saturated carbocycles. The third-order valence-electron chi connectivity index (χ3n) is 3.75. The molecule has 1 saturated heterocycles. The molecule has 1 aliphatic heterocycles. The van der Waals surface area contributed by atoms with Gasteiger partial charge >= 0.3 is 0 Å².